The second-order valence-electron chi connectivity index (χ2n) is 4.92. The molecule has 0 aromatic heterocycles. The summed E-state index contributed by atoms with van der Waals surface area (Å²) < 4.78 is 1.09. The summed E-state index contributed by atoms with van der Waals surface area (Å²) in [6.45, 7) is 0.856. The van der Waals surface area contributed by atoms with Gasteiger partial charge in [-0.15, -0.1) is 0 Å². The third-order valence-electron chi connectivity index (χ3n) is 3.86. The van der Waals surface area contributed by atoms with E-state index in [1.807, 2.05) is 0 Å². The maximum absolute atomic E-state index is 6.07. The van der Waals surface area contributed by atoms with Crippen molar-refractivity contribution in [2.75, 3.05) is 11.4 Å². The Morgan fingerprint density at radius 2 is 1.82 bits per heavy atom. The van der Waals surface area contributed by atoms with Crippen LogP contribution in [0.2, 0.25) is 0 Å². The number of hydrogen-bond donors (Lipinski definition) is 1. The Morgan fingerprint density at radius 1 is 1.18 bits per heavy atom. The largest absolute Gasteiger partial charge is 0.369 e. The van der Waals surface area contributed by atoms with Crippen LogP contribution in [0.3, 0.4) is 0 Å². The van der Waals surface area contributed by atoms with E-state index in [2.05, 4.69) is 50.1 Å². The number of aliphatic imine (C=N–C) groups is 1. The maximum Gasteiger partial charge on any atom is 0.196 e. The van der Waals surface area contributed by atoms with Crippen LogP contribution in [0.25, 0.3) is 0 Å². The van der Waals surface area contributed by atoms with E-state index >= 15 is 0 Å². The van der Waals surface area contributed by atoms with Gasteiger partial charge in [0.2, 0.25) is 0 Å². The summed E-state index contributed by atoms with van der Waals surface area (Å²) in [4.78, 5) is 6.70. The number of rotatable bonds is 1. The monoisotopic (exact) mass is 293 g/mol. The number of halogens is 1. The fourth-order valence-corrected chi connectivity index (χ4v) is 3.29. The Balaban J connectivity index is 1.98. The van der Waals surface area contributed by atoms with Crippen molar-refractivity contribution in [3.8, 4) is 0 Å². The zero-order valence-electron chi connectivity index (χ0n) is 9.69. The van der Waals surface area contributed by atoms with Crippen molar-refractivity contribution in [2.45, 2.75) is 31.2 Å². The van der Waals surface area contributed by atoms with Gasteiger partial charge in [-0.2, -0.15) is 0 Å². The summed E-state index contributed by atoms with van der Waals surface area (Å²) in [7, 11) is 0. The molecule has 1 heterocycles. The summed E-state index contributed by atoms with van der Waals surface area (Å²) >= 11 is 3.46. The number of nitrogens with two attached hydrogens (primary N) is 1. The first-order chi connectivity index (χ1) is 8.21. The van der Waals surface area contributed by atoms with E-state index in [1.54, 1.807) is 0 Å². The quantitative estimate of drug-likeness (QED) is 0.865. The van der Waals surface area contributed by atoms with E-state index in [1.165, 1.54) is 25.7 Å². The van der Waals surface area contributed by atoms with Crippen molar-refractivity contribution in [1.82, 2.24) is 0 Å². The molecule has 0 unspecified atom stereocenters. The molecule has 0 amide bonds. The minimum atomic E-state index is 0.165. The number of hydrogen-bond acceptors (Lipinski definition) is 3. The molecule has 90 valence electrons. The number of anilines is 1. The Hall–Kier alpha value is -1.03. The standard InChI is InChI=1S/C13H16BrN3/c14-10-3-5-11(6-4-10)17-12(15)16-9-13(17)7-1-2-8-13/h3-6H,1-2,7-9H2,(H2,15,16). The summed E-state index contributed by atoms with van der Waals surface area (Å²) in [5.41, 5.74) is 7.39. The van der Waals surface area contributed by atoms with Crippen LogP contribution in [0.15, 0.2) is 33.7 Å². The molecule has 17 heavy (non-hydrogen) atoms. The third kappa shape index (κ3) is 1.75. The van der Waals surface area contributed by atoms with Gasteiger partial charge < -0.3 is 10.6 Å². The topological polar surface area (TPSA) is 41.6 Å². The highest BCUT2D eigenvalue weighted by Crippen LogP contribution is 2.41. The first-order valence-corrected chi connectivity index (χ1v) is 6.86. The minimum Gasteiger partial charge on any atom is -0.369 e. The first-order valence-electron chi connectivity index (χ1n) is 6.07. The van der Waals surface area contributed by atoms with E-state index in [0.717, 1.165) is 16.7 Å². The molecule has 1 aromatic rings. The molecule has 1 fully saturated rings. The summed E-state index contributed by atoms with van der Waals surface area (Å²) in [6, 6.07) is 8.34. The van der Waals surface area contributed by atoms with Gasteiger partial charge in [0.05, 0.1) is 12.1 Å². The Bertz CT molecular complexity index is 446. The lowest BCUT2D eigenvalue weighted by Gasteiger charge is -2.36. The van der Waals surface area contributed by atoms with Gasteiger partial charge in [0, 0.05) is 10.2 Å². The highest BCUT2D eigenvalue weighted by Gasteiger charge is 2.44. The number of nitrogens with zero attached hydrogens (tertiary/aromatic N) is 2. The molecule has 3 rings (SSSR count). The zero-order valence-corrected chi connectivity index (χ0v) is 11.3. The van der Waals surface area contributed by atoms with Gasteiger partial charge in [-0.05, 0) is 37.1 Å². The van der Waals surface area contributed by atoms with Gasteiger partial charge in [0.15, 0.2) is 5.96 Å². The molecule has 3 nitrogen and oxygen atoms in total. The SMILES string of the molecule is NC1=NCC2(CCCC2)N1c1ccc(Br)cc1. The van der Waals surface area contributed by atoms with Gasteiger partial charge in [0.25, 0.3) is 0 Å². The smallest absolute Gasteiger partial charge is 0.196 e. The normalized spacial score (nSPS) is 22.2. The van der Waals surface area contributed by atoms with Crippen LogP contribution < -0.4 is 10.6 Å². The fraction of sp³-hybridized carbons (Fsp3) is 0.462. The van der Waals surface area contributed by atoms with E-state index < -0.39 is 0 Å². The fourth-order valence-electron chi connectivity index (χ4n) is 3.02. The maximum atomic E-state index is 6.07. The lowest BCUT2D eigenvalue weighted by molar-refractivity contribution is 0.472. The molecule has 0 atom stereocenters. The first kappa shape index (κ1) is 11.1. The van der Waals surface area contributed by atoms with Crippen molar-refractivity contribution in [2.24, 2.45) is 10.7 Å². The molecular formula is C13H16BrN3. The van der Waals surface area contributed by atoms with Gasteiger partial charge in [0.1, 0.15) is 0 Å². The average molecular weight is 294 g/mol. The van der Waals surface area contributed by atoms with Crippen molar-refractivity contribution >= 4 is 27.6 Å². The lowest BCUT2D eigenvalue weighted by Crippen LogP contribution is -2.50. The second-order valence-corrected chi connectivity index (χ2v) is 5.83. The molecule has 0 saturated heterocycles. The minimum absolute atomic E-state index is 0.165. The molecule has 0 bridgehead atoms. The van der Waals surface area contributed by atoms with Crippen LogP contribution in [0.1, 0.15) is 25.7 Å². The van der Waals surface area contributed by atoms with Gasteiger partial charge in [-0.1, -0.05) is 28.8 Å². The number of guanidine groups is 1. The number of benzene rings is 1. The van der Waals surface area contributed by atoms with Crippen LogP contribution in [-0.2, 0) is 0 Å². The lowest BCUT2D eigenvalue weighted by atomic mass is 9.96. The zero-order chi connectivity index (χ0) is 11.9. The van der Waals surface area contributed by atoms with Crippen LogP contribution in [-0.4, -0.2) is 18.0 Å². The van der Waals surface area contributed by atoms with Crippen LogP contribution in [0.5, 0.6) is 0 Å². The van der Waals surface area contributed by atoms with Gasteiger partial charge >= 0.3 is 0 Å². The molecule has 2 aliphatic rings. The predicted octanol–water partition coefficient (Wildman–Crippen LogP) is 2.90. The second kappa shape index (κ2) is 4.02. The van der Waals surface area contributed by atoms with Crippen molar-refractivity contribution < 1.29 is 0 Å². The Morgan fingerprint density at radius 3 is 2.47 bits per heavy atom. The van der Waals surface area contributed by atoms with Crippen LogP contribution in [0.4, 0.5) is 5.69 Å². The molecule has 1 spiro atoms. The summed E-state index contributed by atoms with van der Waals surface area (Å²) in [5, 5.41) is 0. The molecule has 1 aliphatic carbocycles. The van der Waals surface area contributed by atoms with E-state index in [0.29, 0.717) is 5.96 Å². The van der Waals surface area contributed by atoms with Crippen molar-refractivity contribution in [3.05, 3.63) is 28.7 Å². The van der Waals surface area contributed by atoms with Crippen molar-refractivity contribution in [3.63, 3.8) is 0 Å². The van der Waals surface area contributed by atoms with E-state index in [9.17, 15) is 0 Å². The highest BCUT2D eigenvalue weighted by molar-refractivity contribution is 9.10. The average Bonchev–Trinajstić information content (AvgIpc) is 2.91. The van der Waals surface area contributed by atoms with E-state index in [4.69, 9.17) is 5.73 Å². The van der Waals surface area contributed by atoms with Crippen LogP contribution in [0, 0.1) is 0 Å². The summed E-state index contributed by atoms with van der Waals surface area (Å²) in [6.07, 6.45) is 4.98. The predicted molar refractivity (Wildman–Crippen MR) is 74.3 cm³/mol. The Kier molecular flexibility index (Phi) is 2.62. The molecule has 1 saturated carbocycles. The molecule has 1 aliphatic heterocycles. The molecule has 1 aromatic carbocycles. The van der Waals surface area contributed by atoms with Gasteiger partial charge in [-0.3, -0.25) is 4.99 Å². The molecule has 0 radical (unpaired) electrons. The highest BCUT2D eigenvalue weighted by atomic mass is 79.9. The van der Waals surface area contributed by atoms with Gasteiger partial charge in [-0.25, -0.2) is 0 Å². The van der Waals surface area contributed by atoms with E-state index in [-0.39, 0.29) is 5.54 Å². The Labute approximate surface area is 110 Å². The molecule has 2 N–H and O–H groups in total. The third-order valence-corrected chi connectivity index (χ3v) is 4.39. The molecule has 4 heteroatoms. The van der Waals surface area contributed by atoms with Crippen molar-refractivity contribution in [1.29, 1.82) is 0 Å². The molecular weight excluding hydrogens is 278 g/mol. The van der Waals surface area contributed by atoms with Crippen LogP contribution >= 0.6 is 15.9 Å². The summed E-state index contributed by atoms with van der Waals surface area (Å²) in [5.74, 6) is 0.675.